The second-order valence-corrected chi connectivity index (χ2v) is 4.40. The van der Waals surface area contributed by atoms with Crippen molar-refractivity contribution in [3.8, 4) is 6.07 Å². The lowest BCUT2D eigenvalue weighted by atomic mass is 10.1. The molecule has 0 spiro atoms. The normalized spacial score (nSPS) is 10.4. The number of alkyl halides is 3. The van der Waals surface area contributed by atoms with Crippen molar-refractivity contribution in [1.29, 1.82) is 5.26 Å². The van der Waals surface area contributed by atoms with Gasteiger partial charge in [0.1, 0.15) is 3.70 Å². The summed E-state index contributed by atoms with van der Waals surface area (Å²) in [7, 11) is 0. The average Bonchev–Trinajstić information content (AvgIpc) is 2.16. The van der Waals surface area contributed by atoms with Crippen LogP contribution in [0.15, 0.2) is 6.07 Å². The smallest absolute Gasteiger partial charge is 0.245 e. The monoisotopic (exact) mass is 386 g/mol. The minimum Gasteiger partial charge on any atom is -0.245 e. The maximum Gasteiger partial charge on any atom is 0.265 e. The Morgan fingerprint density at radius 3 is 2.73 bits per heavy atom. The van der Waals surface area contributed by atoms with Gasteiger partial charge in [0.2, 0.25) is 0 Å². The van der Waals surface area contributed by atoms with Crippen LogP contribution >= 0.6 is 38.5 Å². The molecule has 0 aliphatic rings. The van der Waals surface area contributed by atoms with Gasteiger partial charge >= 0.3 is 0 Å². The van der Waals surface area contributed by atoms with E-state index in [4.69, 9.17) is 5.26 Å². The van der Waals surface area contributed by atoms with Crippen molar-refractivity contribution in [3.05, 3.63) is 26.6 Å². The first-order valence-electron chi connectivity index (χ1n) is 3.99. The van der Waals surface area contributed by atoms with E-state index in [0.717, 1.165) is 0 Å². The molecule has 1 heterocycles. The highest BCUT2D eigenvalue weighted by atomic mass is 127. The van der Waals surface area contributed by atoms with Crippen molar-refractivity contribution in [2.45, 2.75) is 18.2 Å². The molecule has 0 saturated heterocycles. The van der Waals surface area contributed by atoms with Crippen LogP contribution in [0.2, 0.25) is 0 Å². The summed E-state index contributed by atoms with van der Waals surface area (Å²) in [6.45, 7) is 0. The predicted octanol–water partition coefficient (Wildman–Crippen LogP) is 3.58. The molecule has 0 amide bonds. The van der Waals surface area contributed by atoms with Gasteiger partial charge in [0, 0.05) is 10.9 Å². The number of rotatable bonds is 3. The summed E-state index contributed by atoms with van der Waals surface area (Å²) in [6.07, 6.45) is -2.68. The number of aromatic nitrogens is 1. The minimum absolute atomic E-state index is 0.0868. The van der Waals surface area contributed by atoms with E-state index >= 15 is 0 Å². The fraction of sp³-hybridized carbons (Fsp3) is 0.333. The van der Waals surface area contributed by atoms with Crippen molar-refractivity contribution in [3.63, 3.8) is 0 Å². The van der Waals surface area contributed by atoms with Gasteiger partial charge in [-0.1, -0.05) is 15.9 Å². The topological polar surface area (TPSA) is 36.7 Å². The van der Waals surface area contributed by atoms with Gasteiger partial charge < -0.3 is 0 Å². The van der Waals surface area contributed by atoms with E-state index in [2.05, 4.69) is 20.9 Å². The molecule has 0 fully saturated rings. The summed E-state index contributed by atoms with van der Waals surface area (Å²) in [5.74, 6) is 0. The lowest BCUT2D eigenvalue weighted by molar-refractivity contribution is 0.149. The summed E-state index contributed by atoms with van der Waals surface area (Å²) < 4.78 is 26.1. The summed E-state index contributed by atoms with van der Waals surface area (Å²) in [4.78, 5) is 3.96. The highest BCUT2D eigenvalue weighted by Crippen LogP contribution is 2.28. The third-order valence-electron chi connectivity index (χ3n) is 1.80. The van der Waals surface area contributed by atoms with E-state index in [1.807, 2.05) is 28.7 Å². The molecule has 0 bridgehead atoms. The summed E-state index contributed by atoms with van der Waals surface area (Å²) >= 11 is 5.10. The third-order valence-corrected chi connectivity index (χ3v) is 2.96. The maximum atomic E-state index is 12.8. The number of nitriles is 1. The van der Waals surface area contributed by atoms with E-state index in [1.165, 1.54) is 0 Å². The van der Waals surface area contributed by atoms with E-state index < -0.39 is 6.43 Å². The third kappa shape index (κ3) is 3.08. The minimum atomic E-state index is -2.59. The Bertz CT molecular complexity index is 404. The van der Waals surface area contributed by atoms with Crippen LogP contribution in [-0.2, 0) is 11.8 Å². The van der Waals surface area contributed by atoms with Crippen LogP contribution < -0.4 is 0 Å². The van der Waals surface area contributed by atoms with E-state index in [0.29, 0.717) is 14.6 Å². The quantitative estimate of drug-likeness (QED) is 0.452. The van der Waals surface area contributed by atoms with E-state index in [1.54, 1.807) is 6.07 Å². The van der Waals surface area contributed by atoms with Gasteiger partial charge in [0.25, 0.3) is 6.43 Å². The lowest BCUT2D eigenvalue weighted by Gasteiger charge is -2.10. The molecular formula is C9H6BrF2IN2. The molecule has 6 heteroatoms. The van der Waals surface area contributed by atoms with E-state index in [-0.39, 0.29) is 17.7 Å². The Hall–Kier alpha value is -0.290. The molecule has 0 radical (unpaired) electrons. The molecule has 80 valence electrons. The van der Waals surface area contributed by atoms with Gasteiger partial charge in [0.05, 0.1) is 18.2 Å². The Kier molecular flexibility index (Phi) is 4.86. The average molecular weight is 387 g/mol. The van der Waals surface area contributed by atoms with Gasteiger partial charge in [-0.15, -0.1) is 0 Å². The second kappa shape index (κ2) is 5.70. The Balaban J connectivity index is 3.34. The van der Waals surface area contributed by atoms with Crippen LogP contribution in [0.4, 0.5) is 8.78 Å². The molecular weight excluding hydrogens is 381 g/mol. The Labute approximate surface area is 108 Å². The fourth-order valence-corrected chi connectivity index (χ4v) is 2.35. The summed E-state index contributed by atoms with van der Waals surface area (Å²) in [5, 5.41) is 8.87. The molecule has 0 saturated carbocycles. The molecule has 0 atom stereocenters. The van der Waals surface area contributed by atoms with E-state index in [9.17, 15) is 8.78 Å². The molecule has 1 aromatic heterocycles. The molecule has 1 aromatic rings. The number of hydrogen-bond acceptors (Lipinski definition) is 2. The highest BCUT2D eigenvalue weighted by Gasteiger charge is 2.19. The van der Waals surface area contributed by atoms with Crippen molar-refractivity contribution in [2.75, 3.05) is 0 Å². The van der Waals surface area contributed by atoms with Gasteiger partial charge in [-0.25, -0.2) is 13.8 Å². The van der Waals surface area contributed by atoms with Crippen molar-refractivity contribution in [2.24, 2.45) is 0 Å². The van der Waals surface area contributed by atoms with Crippen molar-refractivity contribution >= 4 is 38.5 Å². The highest BCUT2D eigenvalue weighted by molar-refractivity contribution is 14.1. The number of pyridine rings is 1. The van der Waals surface area contributed by atoms with Crippen LogP contribution in [0.25, 0.3) is 0 Å². The first-order valence-corrected chi connectivity index (χ1v) is 6.19. The maximum absolute atomic E-state index is 12.8. The zero-order valence-electron chi connectivity index (χ0n) is 7.48. The van der Waals surface area contributed by atoms with Crippen LogP contribution in [-0.4, -0.2) is 4.98 Å². The first kappa shape index (κ1) is 12.8. The molecule has 0 aromatic carbocycles. The van der Waals surface area contributed by atoms with Gasteiger partial charge in [0.15, 0.2) is 0 Å². The Morgan fingerprint density at radius 1 is 1.60 bits per heavy atom. The number of nitrogens with zero attached hydrogens (tertiary/aromatic N) is 2. The number of halogens is 4. The van der Waals surface area contributed by atoms with Crippen LogP contribution in [0.5, 0.6) is 0 Å². The zero-order valence-corrected chi connectivity index (χ0v) is 11.2. The molecule has 15 heavy (non-hydrogen) atoms. The largest absolute Gasteiger partial charge is 0.265 e. The predicted molar refractivity (Wildman–Crippen MR) is 63.9 cm³/mol. The zero-order chi connectivity index (χ0) is 11.4. The van der Waals surface area contributed by atoms with Crippen LogP contribution in [0, 0.1) is 15.0 Å². The SMILES string of the molecule is N#CCc1nc(I)cc(CBr)c1C(F)F. The number of hydrogen-bond donors (Lipinski definition) is 0. The molecule has 1 rings (SSSR count). The molecule has 0 aliphatic heterocycles. The van der Waals surface area contributed by atoms with Crippen molar-refractivity contribution in [1.82, 2.24) is 4.98 Å². The van der Waals surface area contributed by atoms with Gasteiger partial charge in [-0.3, -0.25) is 0 Å². The van der Waals surface area contributed by atoms with Crippen LogP contribution in [0.1, 0.15) is 23.2 Å². The summed E-state index contributed by atoms with van der Waals surface area (Å²) in [5.41, 5.74) is 0.553. The first-order chi connectivity index (χ1) is 7.10. The van der Waals surface area contributed by atoms with Crippen molar-refractivity contribution < 1.29 is 8.78 Å². The van der Waals surface area contributed by atoms with Gasteiger partial charge in [-0.05, 0) is 34.2 Å². The van der Waals surface area contributed by atoms with Crippen LogP contribution in [0.3, 0.4) is 0 Å². The molecule has 0 N–H and O–H groups in total. The Morgan fingerprint density at radius 2 is 2.27 bits per heavy atom. The second-order valence-electron chi connectivity index (χ2n) is 2.73. The molecule has 0 aliphatic carbocycles. The lowest BCUT2D eigenvalue weighted by Crippen LogP contribution is -2.04. The molecule has 0 unspecified atom stereocenters. The summed E-state index contributed by atoms with van der Waals surface area (Å²) in [6, 6.07) is 3.44. The van der Waals surface area contributed by atoms with Gasteiger partial charge in [-0.2, -0.15) is 5.26 Å². The fourth-order valence-electron chi connectivity index (χ4n) is 1.21. The molecule has 2 nitrogen and oxygen atoms in total. The standard InChI is InChI=1S/C9H6BrF2IN2/c10-4-5-3-7(13)15-6(1-2-14)8(5)9(11)12/h3,9H,1,4H2.